The predicted octanol–water partition coefficient (Wildman–Crippen LogP) is 2.02. The average molecular weight is 301 g/mol. The predicted molar refractivity (Wildman–Crippen MR) is 87.1 cm³/mol. The Hall–Kier alpha value is -1.88. The second-order valence-electron chi connectivity index (χ2n) is 6.09. The van der Waals surface area contributed by atoms with Gasteiger partial charge in [0.1, 0.15) is 0 Å². The number of carbonyl (C=O) groups excluding carboxylic acids is 2. The highest BCUT2D eigenvalue weighted by atomic mass is 16.2. The zero-order chi connectivity index (χ0) is 15.5. The fourth-order valence-corrected chi connectivity index (χ4v) is 3.39. The first-order valence-electron chi connectivity index (χ1n) is 8.07. The number of para-hydroxylation sites is 1. The monoisotopic (exact) mass is 301 g/mol. The van der Waals surface area contributed by atoms with Gasteiger partial charge in [0.25, 0.3) is 0 Å². The van der Waals surface area contributed by atoms with Crippen LogP contribution in [0.15, 0.2) is 18.2 Å². The van der Waals surface area contributed by atoms with E-state index in [4.69, 9.17) is 0 Å². The molecule has 0 aromatic heterocycles. The molecule has 0 aliphatic carbocycles. The van der Waals surface area contributed by atoms with E-state index < -0.39 is 0 Å². The number of fused-ring (bicyclic) bond motifs is 1. The smallest absolute Gasteiger partial charge is 0.228 e. The van der Waals surface area contributed by atoms with Gasteiger partial charge in [-0.3, -0.25) is 9.59 Å². The van der Waals surface area contributed by atoms with E-state index in [1.54, 1.807) is 0 Å². The molecule has 5 heteroatoms. The molecule has 0 bridgehead atoms. The van der Waals surface area contributed by atoms with E-state index in [1.165, 1.54) is 19.8 Å². The van der Waals surface area contributed by atoms with Gasteiger partial charge in [-0.1, -0.05) is 12.1 Å². The van der Waals surface area contributed by atoms with E-state index in [1.807, 2.05) is 23.1 Å². The Morgan fingerprint density at radius 2 is 1.95 bits per heavy atom. The summed E-state index contributed by atoms with van der Waals surface area (Å²) in [5.41, 5.74) is 2.78. The number of likely N-dealkylation sites (tertiary alicyclic amines) is 1. The van der Waals surface area contributed by atoms with Crippen LogP contribution in [0.3, 0.4) is 0 Å². The normalized spacial score (nSPS) is 17.6. The Labute approximate surface area is 131 Å². The lowest BCUT2D eigenvalue weighted by Crippen LogP contribution is -2.33. The van der Waals surface area contributed by atoms with Crippen molar-refractivity contribution in [1.29, 1.82) is 0 Å². The summed E-state index contributed by atoms with van der Waals surface area (Å²) in [6.07, 6.45) is 3.90. The fraction of sp³-hybridized carbons (Fsp3) is 0.529. The molecule has 2 aliphatic rings. The molecule has 1 aromatic carbocycles. The van der Waals surface area contributed by atoms with Crippen molar-refractivity contribution in [3.8, 4) is 0 Å². The molecule has 2 heterocycles. The number of hydrogen-bond donors (Lipinski definition) is 1. The number of nitrogens with one attached hydrogen (secondary N) is 1. The summed E-state index contributed by atoms with van der Waals surface area (Å²) >= 11 is 0. The Bertz CT molecular complexity index is 579. The summed E-state index contributed by atoms with van der Waals surface area (Å²) in [5, 5.41) is 2.84. The summed E-state index contributed by atoms with van der Waals surface area (Å²) in [7, 11) is 0. The van der Waals surface area contributed by atoms with Crippen LogP contribution in [0.5, 0.6) is 0 Å². The maximum atomic E-state index is 12.6. The van der Waals surface area contributed by atoms with Crippen molar-refractivity contribution in [2.75, 3.05) is 36.4 Å². The lowest BCUT2D eigenvalue weighted by molar-refractivity contribution is -0.119. The van der Waals surface area contributed by atoms with Crippen LogP contribution in [0.2, 0.25) is 0 Å². The minimum absolute atomic E-state index is 0.107. The highest BCUT2D eigenvalue weighted by Crippen LogP contribution is 2.35. The quantitative estimate of drug-likeness (QED) is 0.925. The second kappa shape index (κ2) is 6.48. The third kappa shape index (κ3) is 3.14. The molecule has 118 valence electrons. The summed E-state index contributed by atoms with van der Waals surface area (Å²) in [6, 6.07) is 5.84. The maximum Gasteiger partial charge on any atom is 0.228 e. The molecule has 1 fully saturated rings. The first kappa shape index (κ1) is 15.0. The highest BCUT2D eigenvalue weighted by Gasteiger charge is 2.27. The van der Waals surface area contributed by atoms with Crippen molar-refractivity contribution < 1.29 is 9.59 Å². The van der Waals surface area contributed by atoms with Gasteiger partial charge in [-0.25, -0.2) is 0 Å². The minimum atomic E-state index is -0.107. The minimum Gasteiger partial charge on any atom is -0.325 e. The van der Waals surface area contributed by atoms with E-state index in [0.29, 0.717) is 13.0 Å². The summed E-state index contributed by atoms with van der Waals surface area (Å²) in [5.74, 6) is 0.0493. The fourth-order valence-electron chi connectivity index (χ4n) is 3.39. The lowest BCUT2D eigenvalue weighted by Gasteiger charge is -2.22. The number of benzene rings is 1. The van der Waals surface area contributed by atoms with Crippen LogP contribution in [0.1, 0.15) is 31.7 Å². The standard InChI is InChI=1S/C17H23N3O2/c1-13(21)18-15-6-4-5-14-7-12-20(17(14)15)16(22)8-11-19-9-2-3-10-19/h4-6H,2-3,7-12H2,1H3,(H,18,21). The van der Waals surface area contributed by atoms with Gasteiger partial charge in [-0.15, -0.1) is 0 Å². The molecule has 1 aromatic rings. The van der Waals surface area contributed by atoms with Gasteiger partial charge >= 0.3 is 0 Å². The van der Waals surface area contributed by atoms with E-state index in [-0.39, 0.29) is 11.8 Å². The summed E-state index contributed by atoms with van der Waals surface area (Å²) in [4.78, 5) is 28.2. The molecule has 1 N–H and O–H groups in total. The van der Waals surface area contributed by atoms with Crippen LogP contribution in [-0.4, -0.2) is 42.9 Å². The molecule has 0 atom stereocenters. The van der Waals surface area contributed by atoms with Crippen molar-refractivity contribution in [3.05, 3.63) is 23.8 Å². The maximum absolute atomic E-state index is 12.6. The first-order valence-corrected chi connectivity index (χ1v) is 8.07. The van der Waals surface area contributed by atoms with Crippen molar-refractivity contribution >= 4 is 23.2 Å². The molecule has 2 amide bonds. The largest absolute Gasteiger partial charge is 0.325 e. The Morgan fingerprint density at radius 1 is 1.18 bits per heavy atom. The number of nitrogens with zero attached hydrogens (tertiary/aromatic N) is 2. The van der Waals surface area contributed by atoms with Gasteiger partial charge in [0.15, 0.2) is 0 Å². The summed E-state index contributed by atoms with van der Waals surface area (Å²) < 4.78 is 0. The van der Waals surface area contributed by atoms with E-state index in [2.05, 4.69) is 10.2 Å². The summed E-state index contributed by atoms with van der Waals surface area (Å²) in [6.45, 7) is 5.27. The van der Waals surface area contributed by atoms with Gasteiger partial charge in [0.05, 0.1) is 11.4 Å². The van der Waals surface area contributed by atoms with Crippen molar-refractivity contribution in [1.82, 2.24) is 4.90 Å². The van der Waals surface area contributed by atoms with Crippen LogP contribution in [0.4, 0.5) is 11.4 Å². The topological polar surface area (TPSA) is 52.7 Å². The molecular formula is C17H23N3O2. The van der Waals surface area contributed by atoms with Crippen LogP contribution >= 0.6 is 0 Å². The molecule has 0 unspecified atom stereocenters. The Morgan fingerprint density at radius 3 is 2.68 bits per heavy atom. The lowest BCUT2D eigenvalue weighted by atomic mass is 10.1. The van der Waals surface area contributed by atoms with Crippen LogP contribution in [0, 0.1) is 0 Å². The average Bonchev–Trinajstić information content (AvgIpc) is 3.14. The van der Waals surface area contributed by atoms with E-state index in [9.17, 15) is 9.59 Å². The second-order valence-corrected chi connectivity index (χ2v) is 6.09. The number of rotatable bonds is 4. The van der Waals surface area contributed by atoms with E-state index >= 15 is 0 Å². The van der Waals surface area contributed by atoms with Gasteiger partial charge in [0, 0.05) is 26.4 Å². The van der Waals surface area contributed by atoms with Crippen LogP contribution in [0.25, 0.3) is 0 Å². The zero-order valence-electron chi connectivity index (χ0n) is 13.1. The SMILES string of the molecule is CC(=O)Nc1cccc2c1N(C(=O)CCN1CCCC1)CC2. The first-order chi connectivity index (χ1) is 10.6. The van der Waals surface area contributed by atoms with Crippen LogP contribution < -0.4 is 10.2 Å². The molecule has 0 spiro atoms. The van der Waals surface area contributed by atoms with Gasteiger partial charge < -0.3 is 15.1 Å². The molecule has 0 saturated carbocycles. The molecule has 1 saturated heterocycles. The molecule has 5 nitrogen and oxygen atoms in total. The van der Waals surface area contributed by atoms with Crippen molar-refractivity contribution in [3.63, 3.8) is 0 Å². The molecule has 22 heavy (non-hydrogen) atoms. The van der Waals surface area contributed by atoms with Crippen LogP contribution in [-0.2, 0) is 16.0 Å². The van der Waals surface area contributed by atoms with Gasteiger partial charge in [-0.2, -0.15) is 0 Å². The number of anilines is 2. The van der Waals surface area contributed by atoms with Crippen molar-refractivity contribution in [2.24, 2.45) is 0 Å². The molecular weight excluding hydrogens is 278 g/mol. The Kier molecular flexibility index (Phi) is 4.43. The number of amides is 2. The molecule has 3 rings (SSSR count). The van der Waals surface area contributed by atoms with Gasteiger partial charge in [0.2, 0.25) is 11.8 Å². The highest BCUT2D eigenvalue weighted by molar-refractivity contribution is 6.02. The zero-order valence-corrected chi connectivity index (χ0v) is 13.1. The molecule has 0 radical (unpaired) electrons. The van der Waals surface area contributed by atoms with E-state index in [0.717, 1.165) is 43.0 Å². The third-order valence-electron chi connectivity index (χ3n) is 4.45. The van der Waals surface area contributed by atoms with Crippen molar-refractivity contribution in [2.45, 2.75) is 32.6 Å². The van der Waals surface area contributed by atoms with Gasteiger partial charge in [-0.05, 0) is 44.0 Å². The molecule has 2 aliphatic heterocycles. The number of hydrogen-bond acceptors (Lipinski definition) is 3. The Balaban J connectivity index is 1.71. The third-order valence-corrected chi connectivity index (χ3v) is 4.45. The number of carbonyl (C=O) groups is 2.